The highest BCUT2D eigenvalue weighted by molar-refractivity contribution is 6.18. The Morgan fingerprint density at radius 2 is 1.87 bits per heavy atom. The molecule has 7 heteroatoms. The van der Waals surface area contributed by atoms with Gasteiger partial charge in [-0.2, -0.15) is 0 Å². The van der Waals surface area contributed by atoms with E-state index in [0.29, 0.717) is 11.4 Å². The maximum atomic E-state index is 10.5. The fraction of sp³-hybridized carbons (Fsp3) is 0.250. The second kappa shape index (κ2) is 6.44. The highest BCUT2D eigenvalue weighted by Crippen LogP contribution is 2.32. The molecule has 0 aliphatic rings. The Balaban J connectivity index is 2.00. The Kier molecular flexibility index (Phi) is 4.36. The van der Waals surface area contributed by atoms with Crippen LogP contribution < -0.4 is 5.32 Å². The maximum Gasteiger partial charge on any atom is 0.166 e. The van der Waals surface area contributed by atoms with Crippen molar-refractivity contribution in [2.75, 3.05) is 17.7 Å². The molecular weight excluding hydrogens is 316 g/mol. The number of hydrogen-bond acceptors (Lipinski definition) is 5. The van der Waals surface area contributed by atoms with E-state index in [1.807, 2.05) is 31.2 Å². The van der Waals surface area contributed by atoms with Crippen LogP contribution >= 0.6 is 11.6 Å². The van der Waals surface area contributed by atoms with Crippen molar-refractivity contribution in [3.8, 4) is 11.4 Å². The minimum Gasteiger partial charge on any atom is -0.504 e. The minimum absolute atomic E-state index is 0.0256. The van der Waals surface area contributed by atoms with E-state index in [2.05, 4.69) is 15.5 Å². The van der Waals surface area contributed by atoms with Crippen LogP contribution in [0, 0.1) is 6.92 Å². The van der Waals surface area contributed by atoms with Crippen LogP contribution in [0.2, 0.25) is 0 Å². The van der Waals surface area contributed by atoms with E-state index in [9.17, 15) is 10.2 Å². The summed E-state index contributed by atoms with van der Waals surface area (Å²) in [7, 11) is 0. The van der Waals surface area contributed by atoms with Gasteiger partial charge in [0.15, 0.2) is 5.75 Å². The van der Waals surface area contributed by atoms with Crippen molar-refractivity contribution in [1.29, 1.82) is 0 Å². The predicted octanol–water partition coefficient (Wildman–Crippen LogP) is 2.45. The normalized spacial score (nSPS) is 12.5. The fourth-order valence-corrected chi connectivity index (χ4v) is 2.41. The SMILES string of the molecule is Cc1cc(NCC(O)CCl)c(O)c(-n2nc3ccccc3n2)c1. The van der Waals surface area contributed by atoms with Crippen LogP contribution in [0.4, 0.5) is 5.69 Å². The number of rotatable bonds is 5. The zero-order valence-electron chi connectivity index (χ0n) is 12.6. The van der Waals surface area contributed by atoms with Crippen molar-refractivity contribution in [1.82, 2.24) is 15.0 Å². The van der Waals surface area contributed by atoms with Crippen LogP contribution in [0.5, 0.6) is 5.75 Å². The number of phenolic OH excluding ortho intramolecular Hbond substituents is 1. The third kappa shape index (κ3) is 3.23. The Labute approximate surface area is 138 Å². The monoisotopic (exact) mass is 332 g/mol. The summed E-state index contributed by atoms with van der Waals surface area (Å²) in [5.41, 5.74) is 3.41. The number of phenols is 1. The Morgan fingerprint density at radius 3 is 2.48 bits per heavy atom. The maximum absolute atomic E-state index is 10.5. The summed E-state index contributed by atoms with van der Waals surface area (Å²) in [4.78, 5) is 1.41. The molecule has 0 fully saturated rings. The zero-order chi connectivity index (χ0) is 16.4. The first-order valence-electron chi connectivity index (χ1n) is 7.22. The molecule has 120 valence electrons. The fourth-order valence-electron chi connectivity index (χ4n) is 2.30. The number of fused-ring (bicyclic) bond motifs is 1. The van der Waals surface area contributed by atoms with Gasteiger partial charge in [0.25, 0.3) is 0 Å². The van der Waals surface area contributed by atoms with Gasteiger partial charge in [0.1, 0.15) is 16.7 Å². The number of nitrogens with zero attached hydrogens (tertiary/aromatic N) is 3. The molecule has 2 aromatic carbocycles. The summed E-state index contributed by atoms with van der Waals surface area (Å²) in [5.74, 6) is 0.149. The van der Waals surface area contributed by atoms with Crippen molar-refractivity contribution in [3.63, 3.8) is 0 Å². The molecule has 0 spiro atoms. The van der Waals surface area contributed by atoms with Crippen LogP contribution in [0.15, 0.2) is 36.4 Å². The standard InChI is InChI=1S/C16H17ClN4O2/c1-10-6-14(18-9-11(22)8-17)16(23)15(7-10)21-19-12-4-2-3-5-13(12)20-21/h2-7,11,18,22-23H,8-9H2,1H3. The summed E-state index contributed by atoms with van der Waals surface area (Å²) in [6, 6.07) is 11.1. The topological polar surface area (TPSA) is 83.2 Å². The molecule has 23 heavy (non-hydrogen) atoms. The number of hydrogen-bond donors (Lipinski definition) is 3. The van der Waals surface area contributed by atoms with Gasteiger partial charge >= 0.3 is 0 Å². The molecule has 3 aromatic rings. The van der Waals surface area contributed by atoms with Crippen molar-refractivity contribution >= 4 is 28.3 Å². The molecule has 0 aliphatic carbocycles. The van der Waals surface area contributed by atoms with Gasteiger partial charge in [-0.05, 0) is 36.8 Å². The van der Waals surface area contributed by atoms with Gasteiger partial charge in [-0.25, -0.2) is 0 Å². The number of alkyl halides is 1. The molecule has 0 saturated carbocycles. The van der Waals surface area contributed by atoms with Gasteiger partial charge in [-0.3, -0.25) is 0 Å². The Bertz CT molecular complexity index is 801. The number of aliphatic hydroxyl groups excluding tert-OH is 1. The minimum atomic E-state index is -0.689. The summed E-state index contributed by atoms with van der Waals surface area (Å²) >= 11 is 5.58. The van der Waals surface area contributed by atoms with Crippen molar-refractivity contribution in [2.24, 2.45) is 0 Å². The summed E-state index contributed by atoms with van der Waals surface area (Å²) < 4.78 is 0. The molecule has 1 heterocycles. The van der Waals surface area contributed by atoms with Gasteiger partial charge < -0.3 is 15.5 Å². The number of nitrogens with one attached hydrogen (secondary N) is 1. The zero-order valence-corrected chi connectivity index (χ0v) is 13.3. The second-order valence-corrected chi connectivity index (χ2v) is 5.66. The smallest absolute Gasteiger partial charge is 0.166 e. The number of aliphatic hydroxyl groups is 1. The van der Waals surface area contributed by atoms with E-state index < -0.39 is 6.10 Å². The lowest BCUT2D eigenvalue weighted by Gasteiger charge is -2.14. The number of aromatic nitrogens is 3. The average Bonchev–Trinajstić information content (AvgIpc) is 2.98. The Morgan fingerprint density at radius 1 is 1.22 bits per heavy atom. The highest BCUT2D eigenvalue weighted by atomic mass is 35.5. The van der Waals surface area contributed by atoms with Crippen LogP contribution in [0.1, 0.15) is 5.56 Å². The van der Waals surface area contributed by atoms with E-state index in [4.69, 9.17) is 11.6 Å². The van der Waals surface area contributed by atoms with E-state index in [1.54, 1.807) is 12.1 Å². The quantitative estimate of drug-likeness (QED) is 0.494. The molecule has 1 aromatic heterocycles. The van der Waals surface area contributed by atoms with E-state index >= 15 is 0 Å². The molecule has 0 bridgehead atoms. The first-order chi connectivity index (χ1) is 11.1. The lowest BCUT2D eigenvalue weighted by Crippen LogP contribution is -2.21. The molecule has 0 amide bonds. The van der Waals surface area contributed by atoms with Gasteiger partial charge in [-0.1, -0.05) is 12.1 Å². The summed E-state index contributed by atoms with van der Waals surface area (Å²) in [6.07, 6.45) is -0.689. The second-order valence-electron chi connectivity index (χ2n) is 5.35. The summed E-state index contributed by atoms with van der Waals surface area (Å²) in [5, 5.41) is 31.8. The average molecular weight is 333 g/mol. The first kappa shape index (κ1) is 15.6. The van der Waals surface area contributed by atoms with Crippen molar-refractivity contribution in [2.45, 2.75) is 13.0 Å². The van der Waals surface area contributed by atoms with Crippen LogP contribution in [-0.4, -0.2) is 43.7 Å². The number of aryl methyl sites for hydroxylation is 1. The van der Waals surface area contributed by atoms with Crippen LogP contribution in [-0.2, 0) is 0 Å². The van der Waals surface area contributed by atoms with Gasteiger partial charge in [0.05, 0.1) is 17.7 Å². The summed E-state index contributed by atoms with van der Waals surface area (Å²) in [6.45, 7) is 2.16. The predicted molar refractivity (Wildman–Crippen MR) is 90.5 cm³/mol. The molecule has 3 rings (SSSR count). The molecule has 3 N–H and O–H groups in total. The number of aromatic hydroxyl groups is 1. The third-order valence-electron chi connectivity index (χ3n) is 3.44. The molecule has 0 saturated heterocycles. The first-order valence-corrected chi connectivity index (χ1v) is 7.76. The van der Waals surface area contributed by atoms with Crippen LogP contribution in [0.3, 0.4) is 0 Å². The molecule has 1 atom stereocenters. The number of benzene rings is 2. The molecule has 0 aliphatic heterocycles. The van der Waals surface area contributed by atoms with Gasteiger partial charge in [0, 0.05) is 6.54 Å². The van der Waals surface area contributed by atoms with Gasteiger partial charge in [0.2, 0.25) is 0 Å². The Hall–Kier alpha value is -2.31. The highest BCUT2D eigenvalue weighted by Gasteiger charge is 2.14. The molecule has 1 unspecified atom stereocenters. The molecule has 6 nitrogen and oxygen atoms in total. The third-order valence-corrected chi connectivity index (χ3v) is 3.80. The van der Waals surface area contributed by atoms with Crippen molar-refractivity contribution < 1.29 is 10.2 Å². The molecule has 0 radical (unpaired) electrons. The largest absolute Gasteiger partial charge is 0.504 e. The van der Waals surface area contributed by atoms with E-state index in [1.165, 1.54) is 4.80 Å². The van der Waals surface area contributed by atoms with Crippen LogP contribution in [0.25, 0.3) is 16.7 Å². The lowest BCUT2D eigenvalue weighted by molar-refractivity contribution is 0.211. The van der Waals surface area contributed by atoms with Crippen molar-refractivity contribution in [3.05, 3.63) is 42.0 Å². The van der Waals surface area contributed by atoms with E-state index in [-0.39, 0.29) is 18.2 Å². The van der Waals surface area contributed by atoms with Gasteiger partial charge in [-0.15, -0.1) is 26.6 Å². The lowest BCUT2D eigenvalue weighted by atomic mass is 10.1. The number of halogens is 1. The van der Waals surface area contributed by atoms with E-state index in [0.717, 1.165) is 16.6 Å². The number of anilines is 1. The molecular formula is C16H17ClN4O2.